The van der Waals surface area contributed by atoms with Crippen molar-refractivity contribution < 1.29 is 5.11 Å². The lowest BCUT2D eigenvalue weighted by Gasteiger charge is -2.38. The molecule has 3 nitrogen and oxygen atoms in total. The molecule has 1 aliphatic heterocycles. The first-order valence-electron chi connectivity index (χ1n) is 8.57. The van der Waals surface area contributed by atoms with E-state index >= 15 is 0 Å². The molecule has 2 heterocycles. The topological polar surface area (TPSA) is 36.4 Å². The van der Waals surface area contributed by atoms with Crippen LogP contribution in [0.4, 0.5) is 0 Å². The number of benzene rings is 2. The van der Waals surface area contributed by atoms with Crippen LogP contribution >= 0.6 is 0 Å². The van der Waals surface area contributed by atoms with Gasteiger partial charge in [0, 0.05) is 31.2 Å². The van der Waals surface area contributed by atoms with E-state index in [2.05, 4.69) is 46.3 Å². The second-order valence-electron chi connectivity index (χ2n) is 6.67. The first-order chi connectivity index (χ1) is 11.7. The summed E-state index contributed by atoms with van der Waals surface area (Å²) in [6, 6.07) is 20.7. The second-order valence-corrected chi connectivity index (χ2v) is 6.67. The Labute approximate surface area is 142 Å². The molecule has 122 valence electrons. The highest BCUT2D eigenvalue weighted by atomic mass is 16.3. The minimum Gasteiger partial charge on any atom is -0.383 e. The standard InChI is InChI=1S/C21H22N2O/c24-21(20-19-9-5-4-8-18(19)10-13-22-20)11-14-23(15-12-21)16-17-6-2-1-3-7-17/h1-10,13,24H,11-12,14-16H2. The van der Waals surface area contributed by atoms with Gasteiger partial charge in [0.15, 0.2) is 0 Å². The van der Waals surface area contributed by atoms with Crippen LogP contribution in [-0.2, 0) is 12.1 Å². The fraction of sp³-hybridized carbons (Fsp3) is 0.286. The van der Waals surface area contributed by atoms with Crippen molar-refractivity contribution in [3.05, 3.63) is 78.1 Å². The third-order valence-electron chi connectivity index (χ3n) is 5.05. The van der Waals surface area contributed by atoms with Crippen molar-refractivity contribution in [2.24, 2.45) is 0 Å². The molecule has 0 unspecified atom stereocenters. The molecular weight excluding hydrogens is 296 g/mol. The highest BCUT2D eigenvalue weighted by Crippen LogP contribution is 2.35. The molecule has 0 aliphatic carbocycles. The van der Waals surface area contributed by atoms with Gasteiger partial charge in [0.2, 0.25) is 0 Å². The number of aromatic nitrogens is 1. The summed E-state index contributed by atoms with van der Waals surface area (Å²) in [5.41, 5.74) is 1.33. The van der Waals surface area contributed by atoms with Crippen LogP contribution in [0, 0.1) is 0 Å². The van der Waals surface area contributed by atoms with E-state index in [1.54, 1.807) is 0 Å². The van der Waals surface area contributed by atoms with Gasteiger partial charge in [0.1, 0.15) is 5.60 Å². The van der Waals surface area contributed by atoms with Crippen LogP contribution < -0.4 is 0 Å². The molecule has 1 N–H and O–H groups in total. The fourth-order valence-electron chi connectivity index (χ4n) is 3.65. The Balaban J connectivity index is 1.53. The summed E-state index contributed by atoms with van der Waals surface area (Å²) in [6.07, 6.45) is 3.26. The molecule has 3 aromatic rings. The van der Waals surface area contributed by atoms with E-state index in [1.807, 2.05) is 30.5 Å². The van der Waals surface area contributed by atoms with Crippen LogP contribution in [0.15, 0.2) is 66.9 Å². The number of likely N-dealkylation sites (tertiary alicyclic amines) is 1. The molecule has 0 atom stereocenters. The van der Waals surface area contributed by atoms with E-state index in [4.69, 9.17) is 0 Å². The maximum absolute atomic E-state index is 11.2. The van der Waals surface area contributed by atoms with Gasteiger partial charge in [0.25, 0.3) is 0 Å². The molecule has 0 saturated carbocycles. The zero-order valence-corrected chi connectivity index (χ0v) is 13.7. The summed E-state index contributed by atoms with van der Waals surface area (Å²) in [5, 5.41) is 13.4. The lowest BCUT2D eigenvalue weighted by molar-refractivity contribution is -0.0298. The average Bonchev–Trinajstić information content (AvgIpc) is 2.64. The van der Waals surface area contributed by atoms with Crippen molar-refractivity contribution in [1.29, 1.82) is 0 Å². The third-order valence-corrected chi connectivity index (χ3v) is 5.05. The van der Waals surface area contributed by atoms with Crippen molar-refractivity contribution in [1.82, 2.24) is 9.88 Å². The minimum atomic E-state index is -0.825. The summed E-state index contributed by atoms with van der Waals surface area (Å²) >= 11 is 0. The molecule has 1 aromatic heterocycles. The van der Waals surface area contributed by atoms with Crippen LogP contribution in [0.25, 0.3) is 10.8 Å². The van der Waals surface area contributed by atoms with Gasteiger partial charge in [-0.05, 0) is 29.9 Å². The van der Waals surface area contributed by atoms with Crippen molar-refractivity contribution in [3.8, 4) is 0 Å². The van der Waals surface area contributed by atoms with E-state index < -0.39 is 5.60 Å². The van der Waals surface area contributed by atoms with Crippen LogP contribution in [-0.4, -0.2) is 28.1 Å². The predicted octanol–water partition coefficient (Wildman–Crippen LogP) is 3.72. The van der Waals surface area contributed by atoms with Gasteiger partial charge >= 0.3 is 0 Å². The van der Waals surface area contributed by atoms with Gasteiger partial charge in [0.05, 0.1) is 5.69 Å². The molecule has 0 bridgehead atoms. The molecule has 2 aromatic carbocycles. The summed E-state index contributed by atoms with van der Waals surface area (Å²) in [5.74, 6) is 0. The number of fused-ring (bicyclic) bond motifs is 1. The normalized spacial score (nSPS) is 17.9. The highest BCUT2D eigenvalue weighted by molar-refractivity contribution is 5.85. The van der Waals surface area contributed by atoms with Crippen molar-refractivity contribution in [3.63, 3.8) is 0 Å². The van der Waals surface area contributed by atoms with E-state index in [1.165, 1.54) is 5.56 Å². The van der Waals surface area contributed by atoms with E-state index in [-0.39, 0.29) is 0 Å². The van der Waals surface area contributed by atoms with Gasteiger partial charge in [-0.3, -0.25) is 9.88 Å². The monoisotopic (exact) mass is 318 g/mol. The first kappa shape index (κ1) is 15.3. The molecule has 1 fully saturated rings. The maximum Gasteiger partial charge on any atom is 0.110 e. The molecule has 0 spiro atoms. The number of pyridine rings is 1. The average molecular weight is 318 g/mol. The third kappa shape index (κ3) is 2.93. The van der Waals surface area contributed by atoms with E-state index in [0.717, 1.165) is 48.9 Å². The smallest absolute Gasteiger partial charge is 0.110 e. The van der Waals surface area contributed by atoms with Crippen LogP contribution in [0.5, 0.6) is 0 Å². The Morgan fingerprint density at radius 2 is 1.62 bits per heavy atom. The Hall–Kier alpha value is -2.23. The summed E-state index contributed by atoms with van der Waals surface area (Å²) in [7, 11) is 0. The Kier molecular flexibility index (Phi) is 4.05. The van der Waals surface area contributed by atoms with Crippen molar-refractivity contribution in [2.45, 2.75) is 25.0 Å². The zero-order valence-electron chi connectivity index (χ0n) is 13.7. The van der Waals surface area contributed by atoms with E-state index in [9.17, 15) is 5.11 Å². The maximum atomic E-state index is 11.2. The molecule has 1 saturated heterocycles. The molecular formula is C21H22N2O. The van der Waals surface area contributed by atoms with Gasteiger partial charge < -0.3 is 5.11 Å². The van der Waals surface area contributed by atoms with Crippen molar-refractivity contribution in [2.75, 3.05) is 13.1 Å². The number of rotatable bonds is 3. The molecule has 3 heteroatoms. The van der Waals surface area contributed by atoms with Crippen LogP contribution in [0.3, 0.4) is 0 Å². The molecule has 1 aliphatic rings. The van der Waals surface area contributed by atoms with Gasteiger partial charge in [-0.1, -0.05) is 54.6 Å². The number of nitrogens with zero attached hydrogens (tertiary/aromatic N) is 2. The molecule has 0 radical (unpaired) electrons. The molecule has 24 heavy (non-hydrogen) atoms. The van der Waals surface area contributed by atoms with Crippen LogP contribution in [0.1, 0.15) is 24.1 Å². The number of hydrogen-bond donors (Lipinski definition) is 1. The highest BCUT2D eigenvalue weighted by Gasteiger charge is 2.36. The lowest BCUT2D eigenvalue weighted by Crippen LogP contribution is -2.42. The Morgan fingerprint density at radius 1 is 0.917 bits per heavy atom. The number of hydrogen-bond acceptors (Lipinski definition) is 3. The first-order valence-corrected chi connectivity index (χ1v) is 8.57. The van der Waals surface area contributed by atoms with Gasteiger partial charge in [-0.15, -0.1) is 0 Å². The second kappa shape index (κ2) is 6.34. The fourth-order valence-corrected chi connectivity index (χ4v) is 3.65. The zero-order chi connectivity index (χ0) is 16.4. The SMILES string of the molecule is OC1(c2nccc3ccccc23)CCN(Cc2ccccc2)CC1. The lowest BCUT2D eigenvalue weighted by atomic mass is 9.85. The number of aliphatic hydroxyl groups is 1. The summed E-state index contributed by atoms with van der Waals surface area (Å²) < 4.78 is 0. The quantitative estimate of drug-likeness (QED) is 0.799. The largest absolute Gasteiger partial charge is 0.383 e. The van der Waals surface area contributed by atoms with Gasteiger partial charge in [-0.25, -0.2) is 0 Å². The van der Waals surface area contributed by atoms with Crippen molar-refractivity contribution >= 4 is 10.8 Å². The van der Waals surface area contributed by atoms with Gasteiger partial charge in [-0.2, -0.15) is 0 Å². The van der Waals surface area contributed by atoms with Crippen LogP contribution in [0.2, 0.25) is 0 Å². The Morgan fingerprint density at radius 3 is 2.42 bits per heavy atom. The minimum absolute atomic E-state index is 0.723. The summed E-state index contributed by atoms with van der Waals surface area (Å²) in [4.78, 5) is 6.95. The predicted molar refractivity (Wildman–Crippen MR) is 96.6 cm³/mol. The van der Waals surface area contributed by atoms with E-state index in [0.29, 0.717) is 0 Å². The number of piperidine rings is 1. The molecule has 0 amide bonds. The molecule has 4 rings (SSSR count). The summed E-state index contributed by atoms with van der Waals surface area (Å²) in [6.45, 7) is 2.71. The Bertz CT molecular complexity index is 818.